The van der Waals surface area contributed by atoms with Crippen molar-refractivity contribution < 1.29 is 4.79 Å². The van der Waals surface area contributed by atoms with Gasteiger partial charge in [0.15, 0.2) is 0 Å². The van der Waals surface area contributed by atoms with Gasteiger partial charge >= 0.3 is 0 Å². The van der Waals surface area contributed by atoms with E-state index in [2.05, 4.69) is 15.5 Å². The molecule has 1 amide bonds. The van der Waals surface area contributed by atoms with Crippen molar-refractivity contribution in [2.75, 3.05) is 0 Å². The molecule has 0 saturated carbocycles. The Morgan fingerprint density at radius 1 is 1.06 bits per heavy atom. The maximum Gasteiger partial charge on any atom is 0.263 e. The van der Waals surface area contributed by atoms with Gasteiger partial charge in [-0.05, 0) is 23.3 Å². The Kier molecular flexibility index (Phi) is 5.54. The smallest absolute Gasteiger partial charge is 0.263 e. The number of carbonyl (C=O) groups is 1. The lowest BCUT2D eigenvalue weighted by Crippen LogP contribution is -2.30. The lowest BCUT2D eigenvalue weighted by atomic mass is 10.0. The van der Waals surface area contributed by atoms with Gasteiger partial charge in [0.2, 0.25) is 0 Å². The Morgan fingerprint density at radius 3 is 2.67 bits per heavy atom. The summed E-state index contributed by atoms with van der Waals surface area (Å²) in [6, 6.07) is 23.6. The number of carbonyl (C=O) groups excluding carboxylic acids is 1. The largest absolute Gasteiger partial charge is 0.289 e. The van der Waals surface area contributed by atoms with Crippen molar-refractivity contribution in [3.63, 3.8) is 0 Å². The van der Waals surface area contributed by atoms with Gasteiger partial charge in [0, 0.05) is 16.0 Å². The number of rotatable bonds is 5. The number of amides is 1. The summed E-state index contributed by atoms with van der Waals surface area (Å²) in [5.74, 6) is -0.400. The molecule has 0 fully saturated rings. The van der Waals surface area contributed by atoms with Crippen LogP contribution in [0.3, 0.4) is 0 Å². The van der Waals surface area contributed by atoms with E-state index in [-0.39, 0.29) is 12.1 Å². The van der Waals surface area contributed by atoms with Crippen LogP contribution in [0.4, 0.5) is 0 Å². The van der Waals surface area contributed by atoms with Crippen molar-refractivity contribution >= 4 is 44.4 Å². The molecule has 0 atom stereocenters. The summed E-state index contributed by atoms with van der Waals surface area (Å²) in [6.45, 7) is 1.81. The molecule has 5 rings (SSSR count). The number of aromatic nitrogens is 2. The molecular formula is C26H20N4O2S. The zero-order valence-corrected chi connectivity index (χ0v) is 18.7. The van der Waals surface area contributed by atoms with Gasteiger partial charge in [-0.25, -0.2) is 10.4 Å². The van der Waals surface area contributed by atoms with Crippen molar-refractivity contribution in [3.8, 4) is 11.1 Å². The average Bonchev–Trinajstić information content (AvgIpc) is 3.18. The number of hydrogen-bond donors (Lipinski definition) is 1. The summed E-state index contributed by atoms with van der Waals surface area (Å²) in [5, 5.41) is 6.77. The van der Waals surface area contributed by atoms with Gasteiger partial charge in [-0.2, -0.15) is 5.10 Å². The molecule has 1 N–H and O–H groups in total. The Morgan fingerprint density at radius 2 is 1.82 bits per heavy atom. The molecule has 2 heterocycles. The maximum absolute atomic E-state index is 13.2. The number of nitrogens with one attached hydrogen (secondary N) is 1. The molecule has 0 aliphatic heterocycles. The van der Waals surface area contributed by atoms with E-state index < -0.39 is 5.91 Å². The highest BCUT2D eigenvalue weighted by Gasteiger charge is 2.17. The fourth-order valence-electron chi connectivity index (χ4n) is 3.93. The third-order valence-electron chi connectivity index (χ3n) is 5.45. The first kappa shape index (κ1) is 20.8. The maximum atomic E-state index is 13.2. The topological polar surface area (TPSA) is 76.3 Å². The standard InChI is InChI=1S/C26H20N4O2S/c1-17-23(19-9-3-2-4-10-19)24-25(33-17)27-16-30(26(24)32)15-22(31)29-28-14-20-12-7-11-18-8-5-6-13-21(18)20/h2-14,16H,15H2,1H3,(H,29,31)/b28-14-. The lowest BCUT2D eigenvalue weighted by molar-refractivity contribution is -0.121. The van der Waals surface area contributed by atoms with Crippen molar-refractivity contribution in [1.29, 1.82) is 0 Å². The predicted octanol–water partition coefficient (Wildman–Crippen LogP) is 4.74. The molecule has 162 valence electrons. The van der Waals surface area contributed by atoms with Gasteiger partial charge < -0.3 is 0 Å². The third-order valence-corrected chi connectivity index (χ3v) is 6.46. The summed E-state index contributed by atoms with van der Waals surface area (Å²) in [4.78, 5) is 31.8. The summed E-state index contributed by atoms with van der Waals surface area (Å²) in [6.07, 6.45) is 3.03. The van der Waals surface area contributed by atoms with Crippen LogP contribution in [0, 0.1) is 6.92 Å². The molecule has 7 heteroatoms. The Hall–Kier alpha value is -4.10. The molecule has 0 spiro atoms. The monoisotopic (exact) mass is 452 g/mol. The van der Waals surface area contributed by atoms with Crippen LogP contribution in [0.25, 0.3) is 32.1 Å². The number of nitrogens with zero attached hydrogens (tertiary/aromatic N) is 3. The molecule has 0 radical (unpaired) electrons. The minimum Gasteiger partial charge on any atom is -0.289 e. The Labute approximate surface area is 193 Å². The summed E-state index contributed by atoms with van der Waals surface area (Å²) < 4.78 is 1.32. The molecule has 5 aromatic rings. The van der Waals surface area contributed by atoms with E-state index >= 15 is 0 Å². The molecule has 3 aromatic carbocycles. The molecule has 33 heavy (non-hydrogen) atoms. The molecular weight excluding hydrogens is 432 g/mol. The molecule has 0 aliphatic rings. The molecule has 0 unspecified atom stereocenters. The van der Waals surface area contributed by atoms with E-state index in [4.69, 9.17) is 0 Å². The summed E-state index contributed by atoms with van der Waals surface area (Å²) >= 11 is 1.48. The van der Waals surface area contributed by atoms with Crippen LogP contribution in [-0.2, 0) is 11.3 Å². The van der Waals surface area contributed by atoms with Gasteiger partial charge in [-0.15, -0.1) is 11.3 Å². The van der Waals surface area contributed by atoms with Crippen molar-refractivity contribution in [1.82, 2.24) is 15.0 Å². The number of thiophene rings is 1. The lowest BCUT2D eigenvalue weighted by Gasteiger charge is -2.06. The zero-order valence-electron chi connectivity index (χ0n) is 17.9. The Bertz CT molecular complexity index is 1560. The van der Waals surface area contributed by atoms with Crippen molar-refractivity contribution in [2.45, 2.75) is 13.5 Å². The number of aryl methyl sites for hydroxylation is 1. The first-order valence-corrected chi connectivity index (χ1v) is 11.3. The van der Waals surface area contributed by atoms with Crippen LogP contribution in [0.2, 0.25) is 0 Å². The van der Waals surface area contributed by atoms with Gasteiger partial charge in [-0.3, -0.25) is 14.2 Å². The fourth-order valence-corrected chi connectivity index (χ4v) is 4.93. The predicted molar refractivity (Wildman–Crippen MR) is 134 cm³/mol. The second-order valence-electron chi connectivity index (χ2n) is 7.62. The number of hydrogen-bond acceptors (Lipinski definition) is 5. The van der Waals surface area contributed by atoms with Crippen LogP contribution >= 0.6 is 11.3 Å². The van der Waals surface area contributed by atoms with Crippen LogP contribution in [-0.4, -0.2) is 21.7 Å². The quantitative estimate of drug-likeness (QED) is 0.309. The van der Waals surface area contributed by atoms with Gasteiger partial charge in [-0.1, -0.05) is 72.8 Å². The zero-order chi connectivity index (χ0) is 22.8. The van der Waals surface area contributed by atoms with Crippen LogP contribution in [0.15, 0.2) is 89.0 Å². The number of fused-ring (bicyclic) bond motifs is 2. The SMILES string of the molecule is Cc1sc2ncn(CC(=O)N/N=C\c3cccc4ccccc34)c(=O)c2c1-c1ccccc1. The molecule has 0 aliphatic carbocycles. The third kappa shape index (κ3) is 4.06. The average molecular weight is 453 g/mol. The highest BCUT2D eigenvalue weighted by Crippen LogP contribution is 2.35. The Balaban J connectivity index is 1.39. The summed E-state index contributed by atoms with van der Waals surface area (Å²) in [7, 11) is 0. The van der Waals surface area contributed by atoms with E-state index in [1.54, 1.807) is 6.21 Å². The summed E-state index contributed by atoms with van der Waals surface area (Å²) in [5.41, 5.74) is 5.01. The molecule has 0 saturated heterocycles. The first-order valence-electron chi connectivity index (χ1n) is 10.5. The van der Waals surface area contributed by atoms with E-state index in [1.807, 2.05) is 79.7 Å². The highest BCUT2D eigenvalue weighted by molar-refractivity contribution is 7.19. The van der Waals surface area contributed by atoms with Gasteiger partial charge in [0.1, 0.15) is 11.4 Å². The first-order chi connectivity index (χ1) is 16.1. The minimum absolute atomic E-state index is 0.169. The number of hydrazone groups is 1. The van der Waals surface area contributed by atoms with Crippen LogP contribution in [0.5, 0.6) is 0 Å². The van der Waals surface area contributed by atoms with E-state index in [9.17, 15) is 9.59 Å². The number of benzene rings is 3. The normalized spacial score (nSPS) is 11.4. The van der Waals surface area contributed by atoms with Crippen molar-refractivity contribution in [2.24, 2.45) is 5.10 Å². The van der Waals surface area contributed by atoms with Crippen LogP contribution < -0.4 is 11.0 Å². The van der Waals surface area contributed by atoms with E-state index in [0.717, 1.165) is 32.3 Å². The van der Waals surface area contributed by atoms with Crippen LogP contribution in [0.1, 0.15) is 10.4 Å². The fraction of sp³-hybridized carbons (Fsp3) is 0.0769. The van der Waals surface area contributed by atoms with Gasteiger partial charge in [0.25, 0.3) is 11.5 Å². The second kappa shape index (κ2) is 8.80. The van der Waals surface area contributed by atoms with Crippen molar-refractivity contribution in [3.05, 3.63) is 99.9 Å². The second-order valence-corrected chi connectivity index (χ2v) is 8.82. The molecule has 2 aromatic heterocycles. The highest BCUT2D eigenvalue weighted by atomic mass is 32.1. The van der Waals surface area contributed by atoms with E-state index in [0.29, 0.717) is 10.2 Å². The minimum atomic E-state index is -0.400. The van der Waals surface area contributed by atoms with E-state index in [1.165, 1.54) is 22.2 Å². The molecule has 0 bridgehead atoms. The molecule has 6 nitrogen and oxygen atoms in total. The van der Waals surface area contributed by atoms with Gasteiger partial charge in [0.05, 0.1) is 17.9 Å².